The van der Waals surface area contributed by atoms with Gasteiger partial charge in [-0.15, -0.1) is 0 Å². The van der Waals surface area contributed by atoms with Crippen LogP contribution in [0.2, 0.25) is 0 Å². The van der Waals surface area contributed by atoms with Crippen LogP contribution in [0.5, 0.6) is 0 Å². The second-order valence-corrected chi connectivity index (χ2v) is 8.32. The maximum atomic E-state index is 12.3. The van der Waals surface area contributed by atoms with E-state index in [4.69, 9.17) is 0 Å². The van der Waals surface area contributed by atoms with Gasteiger partial charge in [-0.25, -0.2) is 12.7 Å². The number of unbranched alkanes of at least 4 members (excludes halogenated alkanes) is 1. The van der Waals surface area contributed by atoms with Gasteiger partial charge in [-0.1, -0.05) is 27.2 Å². The quantitative estimate of drug-likeness (QED) is 0.701. The molecule has 0 aromatic rings. The highest BCUT2D eigenvalue weighted by molar-refractivity contribution is 7.89. The van der Waals surface area contributed by atoms with Crippen LogP contribution in [0.15, 0.2) is 0 Å². The van der Waals surface area contributed by atoms with Gasteiger partial charge >= 0.3 is 0 Å². The van der Waals surface area contributed by atoms with E-state index in [2.05, 4.69) is 26.1 Å². The molecule has 0 radical (unpaired) electrons. The minimum Gasteiger partial charge on any atom is -0.315 e. The molecule has 0 amide bonds. The normalized spacial score (nSPS) is 22.1. The van der Waals surface area contributed by atoms with Crippen LogP contribution in [-0.4, -0.2) is 44.2 Å². The fourth-order valence-electron chi connectivity index (χ4n) is 2.75. The first-order valence-electron chi connectivity index (χ1n) is 8.17. The van der Waals surface area contributed by atoms with Crippen molar-refractivity contribution in [1.29, 1.82) is 0 Å². The molecule has 1 unspecified atom stereocenters. The van der Waals surface area contributed by atoms with E-state index in [9.17, 15) is 8.42 Å². The Bertz CT molecular complexity index is 355. The lowest BCUT2D eigenvalue weighted by atomic mass is 9.98. The SMILES string of the molecule is CCC1CCCN(S(=O)(=O)CCCCNC(C)C)CC1. The maximum Gasteiger partial charge on any atom is 0.214 e. The number of sulfonamides is 1. The van der Waals surface area contributed by atoms with Crippen molar-refractivity contribution < 1.29 is 8.42 Å². The summed E-state index contributed by atoms with van der Waals surface area (Å²) in [5.41, 5.74) is 0. The average molecular weight is 305 g/mol. The Labute approximate surface area is 125 Å². The Morgan fingerprint density at radius 1 is 1.20 bits per heavy atom. The first kappa shape index (κ1) is 17.9. The van der Waals surface area contributed by atoms with Gasteiger partial charge in [0.1, 0.15) is 0 Å². The van der Waals surface area contributed by atoms with Crippen LogP contribution in [0.3, 0.4) is 0 Å². The minimum atomic E-state index is -3.03. The minimum absolute atomic E-state index is 0.309. The molecule has 1 atom stereocenters. The summed E-state index contributed by atoms with van der Waals surface area (Å²) in [5, 5.41) is 3.33. The zero-order valence-electron chi connectivity index (χ0n) is 13.4. The van der Waals surface area contributed by atoms with Crippen molar-refractivity contribution in [2.24, 2.45) is 5.92 Å². The monoisotopic (exact) mass is 304 g/mol. The average Bonchev–Trinajstić information content (AvgIpc) is 2.63. The molecule has 0 bridgehead atoms. The Morgan fingerprint density at radius 2 is 1.95 bits per heavy atom. The highest BCUT2D eigenvalue weighted by Crippen LogP contribution is 2.22. The Morgan fingerprint density at radius 3 is 2.60 bits per heavy atom. The molecule has 1 aliphatic rings. The van der Waals surface area contributed by atoms with Crippen LogP contribution >= 0.6 is 0 Å². The molecular formula is C15H32N2O2S. The van der Waals surface area contributed by atoms with Crippen molar-refractivity contribution >= 4 is 10.0 Å². The first-order chi connectivity index (χ1) is 9.45. The topological polar surface area (TPSA) is 49.4 Å². The standard InChI is InChI=1S/C15H32N2O2S/c1-4-15-8-7-11-17(12-9-15)20(18,19)13-6-5-10-16-14(2)3/h14-16H,4-13H2,1-3H3. The molecule has 1 aliphatic heterocycles. The van der Waals surface area contributed by atoms with Crippen molar-refractivity contribution in [3.63, 3.8) is 0 Å². The number of hydrogen-bond acceptors (Lipinski definition) is 3. The lowest BCUT2D eigenvalue weighted by Gasteiger charge is -2.20. The van der Waals surface area contributed by atoms with Crippen LogP contribution in [0.25, 0.3) is 0 Å². The number of nitrogens with one attached hydrogen (secondary N) is 1. The van der Waals surface area contributed by atoms with Gasteiger partial charge in [-0.05, 0) is 44.6 Å². The van der Waals surface area contributed by atoms with E-state index in [-0.39, 0.29) is 0 Å². The summed E-state index contributed by atoms with van der Waals surface area (Å²) in [4.78, 5) is 0. The summed E-state index contributed by atoms with van der Waals surface area (Å²) in [6, 6.07) is 0.475. The summed E-state index contributed by atoms with van der Waals surface area (Å²) >= 11 is 0. The third-order valence-corrected chi connectivity index (χ3v) is 6.12. The Hall–Kier alpha value is -0.130. The van der Waals surface area contributed by atoms with Gasteiger partial charge in [0.15, 0.2) is 0 Å². The van der Waals surface area contributed by atoms with E-state index >= 15 is 0 Å². The summed E-state index contributed by atoms with van der Waals surface area (Å²) in [5.74, 6) is 1.02. The number of nitrogens with zero attached hydrogens (tertiary/aromatic N) is 1. The zero-order valence-corrected chi connectivity index (χ0v) is 14.2. The van der Waals surface area contributed by atoms with Gasteiger partial charge in [-0.3, -0.25) is 0 Å². The molecule has 1 rings (SSSR count). The van der Waals surface area contributed by atoms with Crippen LogP contribution in [0.1, 0.15) is 59.3 Å². The summed E-state index contributed by atoms with van der Waals surface area (Å²) in [6.07, 6.45) is 6.10. The molecule has 0 spiro atoms. The van der Waals surface area contributed by atoms with Crippen molar-refractivity contribution in [3.8, 4) is 0 Å². The Balaban J connectivity index is 2.32. The highest BCUT2D eigenvalue weighted by Gasteiger charge is 2.24. The summed E-state index contributed by atoms with van der Waals surface area (Å²) in [6.45, 7) is 8.78. The van der Waals surface area contributed by atoms with E-state index < -0.39 is 10.0 Å². The zero-order chi connectivity index (χ0) is 15.0. The van der Waals surface area contributed by atoms with E-state index in [1.54, 1.807) is 4.31 Å². The lowest BCUT2D eigenvalue weighted by molar-refractivity contribution is 0.406. The molecule has 0 aromatic heterocycles. The van der Waals surface area contributed by atoms with Gasteiger partial charge < -0.3 is 5.32 Å². The number of hydrogen-bond donors (Lipinski definition) is 1. The first-order valence-corrected chi connectivity index (χ1v) is 9.77. The second-order valence-electron chi connectivity index (χ2n) is 6.24. The molecule has 20 heavy (non-hydrogen) atoms. The van der Waals surface area contributed by atoms with Gasteiger partial charge in [0.05, 0.1) is 5.75 Å². The van der Waals surface area contributed by atoms with E-state index in [1.807, 2.05) is 0 Å². The molecule has 4 nitrogen and oxygen atoms in total. The van der Waals surface area contributed by atoms with Gasteiger partial charge in [0.25, 0.3) is 0 Å². The van der Waals surface area contributed by atoms with Crippen LogP contribution in [-0.2, 0) is 10.0 Å². The third-order valence-electron chi connectivity index (χ3n) is 4.16. The summed E-state index contributed by atoms with van der Waals surface area (Å²) in [7, 11) is -3.03. The summed E-state index contributed by atoms with van der Waals surface area (Å²) < 4.78 is 26.4. The number of rotatable bonds is 8. The van der Waals surface area contributed by atoms with Gasteiger partial charge in [0.2, 0.25) is 10.0 Å². The fourth-order valence-corrected chi connectivity index (χ4v) is 4.37. The van der Waals surface area contributed by atoms with Gasteiger partial charge in [-0.2, -0.15) is 0 Å². The maximum absolute atomic E-state index is 12.3. The molecule has 120 valence electrons. The molecule has 0 aliphatic carbocycles. The highest BCUT2D eigenvalue weighted by atomic mass is 32.2. The molecule has 1 N–H and O–H groups in total. The fraction of sp³-hybridized carbons (Fsp3) is 1.00. The third kappa shape index (κ3) is 6.55. The predicted octanol–water partition coefficient (Wildman–Crippen LogP) is 2.61. The second kappa shape index (κ2) is 9.00. The Kier molecular flexibility index (Phi) is 8.07. The predicted molar refractivity (Wildman–Crippen MR) is 85.4 cm³/mol. The lowest BCUT2D eigenvalue weighted by Crippen LogP contribution is -2.34. The molecule has 1 saturated heterocycles. The van der Waals surface area contributed by atoms with Gasteiger partial charge in [0, 0.05) is 19.1 Å². The molecule has 1 fully saturated rings. The van der Waals surface area contributed by atoms with Crippen molar-refractivity contribution in [2.75, 3.05) is 25.4 Å². The van der Waals surface area contributed by atoms with Crippen molar-refractivity contribution in [3.05, 3.63) is 0 Å². The van der Waals surface area contributed by atoms with Crippen LogP contribution < -0.4 is 5.32 Å². The van der Waals surface area contributed by atoms with Crippen LogP contribution in [0, 0.1) is 5.92 Å². The largest absolute Gasteiger partial charge is 0.315 e. The van der Waals surface area contributed by atoms with Crippen LogP contribution in [0.4, 0.5) is 0 Å². The molecular weight excluding hydrogens is 272 g/mol. The molecule has 1 heterocycles. The van der Waals surface area contributed by atoms with E-state index in [0.717, 1.165) is 45.3 Å². The molecule has 0 aromatic carbocycles. The van der Waals surface area contributed by atoms with Crippen molar-refractivity contribution in [1.82, 2.24) is 9.62 Å². The van der Waals surface area contributed by atoms with Crippen molar-refractivity contribution in [2.45, 2.75) is 65.3 Å². The molecule has 5 heteroatoms. The van der Waals surface area contributed by atoms with E-state index in [1.165, 1.54) is 12.8 Å². The molecule has 0 saturated carbocycles. The van der Waals surface area contributed by atoms with E-state index in [0.29, 0.717) is 17.7 Å². The smallest absolute Gasteiger partial charge is 0.214 e.